The molecule has 78 valence electrons. The molecule has 5 N–H and O–H groups in total. The first kappa shape index (κ1) is 10.8. The van der Waals surface area contributed by atoms with E-state index < -0.39 is 37.3 Å². The Kier molecular flexibility index (Phi) is 3.60. The van der Waals surface area contributed by atoms with E-state index >= 15 is 0 Å². The quantitative estimate of drug-likeness (QED) is 0.324. The monoisotopic (exact) mass is 194 g/mol. The first-order chi connectivity index (χ1) is 6.06. The van der Waals surface area contributed by atoms with E-state index in [0.717, 1.165) is 0 Å². The molecule has 0 aromatic rings. The van der Waals surface area contributed by atoms with E-state index in [-0.39, 0.29) is 6.42 Å². The van der Waals surface area contributed by atoms with Crippen LogP contribution in [0.1, 0.15) is 6.42 Å². The zero-order valence-corrected chi connectivity index (χ0v) is 6.95. The molecule has 1 aliphatic rings. The summed E-state index contributed by atoms with van der Waals surface area (Å²) in [5, 5.41) is 45.2. The summed E-state index contributed by atoms with van der Waals surface area (Å²) in [5.74, 6) is 0. The van der Waals surface area contributed by atoms with Gasteiger partial charge in [0, 0.05) is 6.42 Å². The van der Waals surface area contributed by atoms with Gasteiger partial charge in [-0.05, 0) is 0 Å². The van der Waals surface area contributed by atoms with Gasteiger partial charge in [-0.25, -0.2) is 0 Å². The van der Waals surface area contributed by atoms with Crippen molar-refractivity contribution in [2.75, 3.05) is 6.61 Å². The Bertz CT molecular complexity index is 163. The van der Waals surface area contributed by atoms with Crippen molar-refractivity contribution in [3.8, 4) is 0 Å². The van der Waals surface area contributed by atoms with Crippen LogP contribution in [0, 0.1) is 0 Å². The van der Waals surface area contributed by atoms with E-state index in [2.05, 4.69) is 0 Å². The summed E-state index contributed by atoms with van der Waals surface area (Å²) in [6.45, 7) is -0.596. The number of aliphatic hydroxyl groups excluding tert-OH is 5. The Labute approximate surface area is 75.0 Å². The predicted molar refractivity (Wildman–Crippen MR) is 40.6 cm³/mol. The van der Waals surface area contributed by atoms with Crippen molar-refractivity contribution in [2.24, 2.45) is 0 Å². The van der Waals surface area contributed by atoms with E-state index in [1.807, 2.05) is 0 Å². The molecule has 0 aliphatic carbocycles. The van der Waals surface area contributed by atoms with Crippen molar-refractivity contribution in [3.63, 3.8) is 0 Å². The van der Waals surface area contributed by atoms with E-state index in [0.29, 0.717) is 0 Å². The van der Waals surface area contributed by atoms with E-state index in [1.165, 1.54) is 0 Å². The molecule has 0 spiro atoms. The average molecular weight is 194 g/mol. The summed E-state index contributed by atoms with van der Waals surface area (Å²) in [4.78, 5) is 0. The highest BCUT2D eigenvalue weighted by Crippen LogP contribution is 2.21. The lowest BCUT2D eigenvalue weighted by Crippen LogP contribution is -2.54. The molecular formula is C7H14O6. The summed E-state index contributed by atoms with van der Waals surface area (Å²) < 4.78 is 4.76. The van der Waals surface area contributed by atoms with Crippen LogP contribution < -0.4 is 0 Å². The number of rotatable bonds is 2. The Morgan fingerprint density at radius 1 is 1.31 bits per heavy atom. The van der Waals surface area contributed by atoms with Crippen molar-refractivity contribution in [1.29, 1.82) is 0 Å². The first-order valence-corrected chi connectivity index (χ1v) is 4.05. The van der Waals surface area contributed by atoms with Crippen LogP contribution in [-0.4, -0.2) is 62.8 Å². The maximum absolute atomic E-state index is 9.30. The van der Waals surface area contributed by atoms with Gasteiger partial charge in [-0.15, -0.1) is 0 Å². The lowest BCUT2D eigenvalue weighted by molar-refractivity contribution is -0.256. The summed E-state index contributed by atoms with van der Waals surface area (Å²) in [7, 11) is 0. The number of ether oxygens (including phenoxy) is 1. The normalized spacial score (nSPS) is 43.2. The third-order valence-corrected chi connectivity index (χ3v) is 2.05. The lowest BCUT2D eigenvalue weighted by Gasteiger charge is -2.36. The predicted octanol–water partition coefficient (Wildman–Crippen LogP) is -2.83. The van der Waals surface area contributed by atoms with Crippen molar-refractivity contribution in [2.45, 2.75) is 37.1 Å². The van der Waals surface area contributed by atoms with E-state index in [4.69, 9.17) is 20.1 Å². The van der Waals surface area contributed by atoms with Crippen molar-refractivity contribution >= 4 is 0 Å². The van der Waals surface area contributed by atoms with Gasteiger partial charge in [0.2, 0.25) is 0 Å². The van der Waals surface area contributed by atoms with Gasteiger partial charge in [0.15, 0.2) is 6.29 Å². The Balaban J connectivity index is 2.60. The van der Waals surface area contributed by atoms with Gasteiger partial charge in [-0.1, -0.05) is 0 Å². The number of hydrogen-bond donors (Lipinski definition) is 5. The van der Waals surface area contributed by atoms with Crippen LogP contribution in [0.25, 0.3) is 0 Å². The van der Waals surface area contributed by atoms with Crippen LogP contribution in [0.5, 0.6) is 0 Å². The summed E-state index contributed by atoms with van der Waals surface area (Å²) in [6.07, 6.45) is -6.20. The van der Waals surface area contributed by atoms with Gasteiger partial charge in [-0.3, -0.25) is 0 Å². The minimum atomic E-state index is -1.31. The second kappa shape index (κ2) is 4.32. The molecule has 0 aromatic heterocycles. The molecular weight excluding hydrogens is 180 g/mol. The van der Waals surface area contributed by atoms with Crippen LogP contribution in [0.15, 0.2) is 0 Å². The molecule has 6 nitrogen and oxygen atoms in total. The van der Waals surface area contributed by atoms with E-state index in [9.17, 15) is 10.2 Å². The summed E-state index contributed by atoms with van der Waals surface area (Å²) in [6, 6.07) is 0. The molecule has 1 rings (SSSR count). The molecule has 1 saturated heterocycles. The minimum Gasteiger partial charge on any atom is -0.394 e. The minimum absolute atomic E-state index is 0.101. The molecule has 13 heavy (non-hydrogen) atoms. The van der Waals surface area contributed by atoms with E-state index in [1.54, 1.807) is 0 Å². The molecule has 0 radical (unpaired) electrons. The molecule has 1 fully saturated rings. The van der Waals surface area contributed by atoms with Gasteiger partial charge in [0.1, 0.15) is 18.3 Å². The second-order valence-electron chi connectivity index (χ2n) is 3.10. The van der Waals surface area contributed by atoms with Gasteiger partial charge < -0.3 is 30.3 Å². The molecule has 1 unspecified atom stereocenters. The van der Waals surface area contributed by atoms with Crippen LogP contribution >= 0.6 is 0 Å². The smallest absolute Gasteiger partial charge is 0.157 e. The van der Waals surface area contributed by atoms with Gasteiger partial charge >= 0.3 is 0 Å². The topological polar surface area (TPSA) is 110 Å². The Hall–Kier alpha value is -0.240. The van der Waals surface area contributed by atoms with Gasteiger partial charge in [0.25, 0.3) is 0 Å². The number of hydrogen-bond acceptors (Lipinski definition) is 6. The molecule has 1 heterocycles. The standard InChI is InChI=1S/C7H14O6/c8-2-4(10)7-6(12)3(9)1-5(11)13-7/h3-12H,1-2H2/t3-,4+,5?,6+,7-/m1/s1. The SMILES string of the molecule is OC[C@H](O)[C@H]1OC(O)C[C@@H](O)[C@@H]1O. The summed E-state index contributed by atoms with van der Waals surface area (Å²) >= 11 is 0. The molecule has 0 aromatic carbocycles. The van der Waals surface area contributed by atoms with Crippen LogP contribution in [-0.2, 0) is 4.74 Å². The molecule has 5 atom stereocenters. The first-order valence-electron chi connectivity index (χ1n) is 4.05. The fourth-order valence-electron chi connectivity index (χ4n) is 1.30. The van der Waals surface area contributed by atoms with Gasteiger partial charge in [0.05, 0.1) is 12.7 Å². The fraction of sp³-hybridized carbons (Fsp3) is 1.00. The zero-order chi connectivity index (χ0) is 10.0. The second-order valence-corrected chi connectivity index (χ2v) is 3.10. The highest BCUT2D eigenvalue weighted by molar-refractivity contribution is 4.86. The van der Waals surface area contributed by atoms with Crippen LogP contribution in [0.4, 0.5) is 0 Å². The van der Waals surface area contributed by atoms with Gasteiger partial charge in [-0.2, -0.15) is 0 Å². The molecule has 1 aliphatic heterocycles. The molecule has 0 amide bonds. The maximum Gasteiger partial charge on any atom is 0.157 e. The average Bonchev–Trinajstić information content (AvgIpc) is 2.10. The highest BCUT2D eigenvalue weighted by atomic mass is 16.6. The molecule has 6 heteroatoms. The summed E-state index contributed by atoms with van der Waals surface area (Å²) in [5.41, 5.74) is 0. The largest absolute Gasteiger partial charge is 0.394 e. The van der Waals surface area contributed by atoms with Crippen molar-refractivity contribution in [1.82, 2.24) is 0 Å². The third-order valence-electron chi connectivity index (χ3n) is 2.05. The molecule has 0 saturated carbocycles. The highest BCUT2D eigenvalue weighted by Gasteiger charge is 2.39. The van der Waals surface area contributed by atoms with Crippen LogP contribution in [0.3, 0.4) is 0 Å². The van der Waals surface area contributed by atoms with Crippen molar-refractivity contribution < 1.29 is 30.3 Å². The fourth-order valence-corrected chi connectivity index (χ4v) is 1.30. The lowest BCUT2D eigenvalue weighted by atomic mass is 9.98. The number of aliphatic hydroxyl groups is 5. The Morgan fingerprint density at radius 3 is 2.46 bits per heavy atom. The maximum atomic E-state index is 9.30. The molecule has 0 bridgehead atoms. The van der Waals surface area contributed by atoms with Crippen LogP contribution in [0.2, 0.25) is 0 Å². The third kappa shape index (κ3) is 2.37. The van der Waals surface area contributed by atoms with Crippen molar-refractivity contribution in [3.05, 3.63) is 0 Å². The Morgan fingerprint density at radius 2 is 1.92 bits per heavy atom. The zero-order valence-electron chi connectivity index (χ0n) is 6.95.